The summed E-state index contributed by atoms with van der Waals surface area (Å²) in [7, 11) is 0. The number of ether oxygens (including phenoxy) is 2. The molecule has 0 fully saturated rings. The Hall–Kier alpha value is -2.03. The standard InChI is InChI=1S/C13H9FO2/c14-10-5-6-12-13(7-10)16-11-4-2-1-3-9(11)8-15-12/h1-7H,8H2. The summed E-state index contributed by atoms with van der Waals surface area (Å²) in [6.07, 6.45) is 0. The van der Waals surface area contributed by atoms with Crippen molar-refractivity contribution in [2.75, 3.05) is 0 Å². The fourth-order valence-corrected chi connectivity index (χ4v) is 1.68. The minimum atomic E-state index is -0.332. The maximum atomic E-state index is 13.1. The van der Waals surface area contributed by atoms with Crippen molar-refractivity contribution in [1.29, 1.82) is 0 Å². The fraction of sp³-hybridized carbons (Fsp3) is 0.0769. The average molecular weight is 216 g/mol. The molecule has 0 unspecified atom stereocenters. The van der Waals surface area contributed by atoms with Crippen molar-refractivity contribution in [3.63, 3.8) is 0 Å². The van der Waals surface area contributed by atoms with Gasteiger partial charge in [-0.25, -0.2) is 4.39 Å². The van der Waals surface area contributed by atoms with Crippen LogP contribution in [0.2, 0.25) is 0 Å². The van der Waals surface area contributed by atoms with E-state index in [-0.39, 0.29) is 5.82 Å². The lowest BCUT2D eigenvalue weighted by Gasteiger charge is -2.06. The molecule has 0 radical (unpaired) electrons. The number of benzene rings is 2. The summed E-state index contributed by atoms with van der Waals surface area (Å²) in [5, 5.41) is 0. The molecule has 0 atom stereocenters. The molecule has 2 nitrogen and oxygen atoms in total. The molecule has 3 heteroatoms. The van der Waals surface area contributed by atoms with E-state index in [9.17, 15) is 4.39 Å². The monoisotopic (exact) mass is 216 g/mol. The van der Waals surface area contributed by atoms with Crippen molar-refractivity contribution in [3.05, 3.63) is 53.8 Å². The van der Waals surface area contributed by atoms with E-state index in [1.165, 1.54) is 12.1 Å². The van der Waals surface area contributed by atoms with E-state index in [0.29, 0.717) is 23.9 Å². The molecule has 0 saturated heterocycles. The minimum Gasteiger partial charge on any atom is -0.485 e. The molecule has 0 amide bonds. The Morgan fingerprint density at radius 3 is 2.75 bits per heavy atom. The van der Waals surface area contributed by atoms with Gasteiger partial charge in [0.15, 0.2) is 11.5 Å². The van der Waals surface area contributed by atoms with Gasteiger partial charge in [0.1, 0.15) is 18.2 Å². The molecule has 0 aromatic heterocycles. The van der Waals surface area contributed by atoms with Crippen LogP contribution in [0.3, 0.4) is 0 Å². The molecule has 0 bridgehead atoms. The molecular formula is C13H9FO2. The highest BCUT2D eigenvalue weighted by molar-refractivity contribution is 5.47. The summed E-state index contributed by atoms with van der Waals surface area (Å²) in [5.74, 6) is 1.37. The second kappa shape index (κ2) is 3.52. The summed E-state index contributed by atoms with van der Waals surface area (Å²) in [6.45, 7) is 0.439. The topological polar surface area (TPSA) is 18.5 Å². The van der Waals surface area contributed by atoms with Crippen molar-refractivity contribution in [2.45, 2.75) is 6.61 Å². The molecule has 0 spiro atoms. The molecule has 1 aliphatic rings. The summed E-state index contributed by atoms with van der Waals surface area (Å²) in [6, 6.07) is 11.8. The summed E-state index contributed by atoms with van der Waals surface area (Å²) >= 11 is 0. The zero-order valence-electron chi connectivity index (χ0n) is 8.44. The Morgan fingerprint density at radius 2 is 1.81 bits per heavy atom. The number of fused-ring (bicyclic) bond motifs is 2. The molecule has 1 heterocycles. The van der Waals surface area contributed by atoms with Crippen LogP contribution in [0.15, 0.2) is 42.5 Å². The van der Waals surface area contributed by atoms with Gasteiger partial charge in [-0.3, -0.25) is 0 Å². The zero-order chi connectivity index (χ0) is 11.0. The van der Waals surface area contributed by atoms with E-state index in [4.69, 9.17) is 9.47 Å². The summed E-state index contributed by atoms with van der Waals surface area (Å²) < 4.78 is 24.2. The van der Waals surface area contributed by atoms with Gasteiger partial charge in [-0.2, -0.15) is 0 Å². The molecule has 0 N–H and O–H groups in total. The molecule has 2 aromatic rings. The number of rotatable bonds is 0. The van der Waals surface area contributed by atoms with Crippen LogP contribution >= 0.6 is 0 Å². The number of hydrogen-bond acceptors (Lipinski definition) is 2. The Kier molecular flexibility index (Phi) is 2.03. The van der Waals surface area contributed by atoms with Crippen LogP contribution in [0.25, 0.3) is 0 Å². The van der Waals surface area contributed by atoms with Gasteiger partial charge in [-0.1, -0.05) is 18.2 Å². The quantitative estimate of drug-likeness (QED) is 0.670. The first-order valence-corrected chi connectivity index (χ1v) is 5.01. The third kappa shape index (κ3) is 1.50. The van der Waals surface area contributed by atoms with Gasteiger partial charge in [0.25, 0.3) is 0 Å². The summed E-state index contributed by atoms with van der Waals surface area (Å²) in [4.78, 5) is 0. The lowest BCUT2D eigenvalue weighted by atomic mass is 10.2. The van der Waals surface area contributed by atoms with E-state index >= 15 is 0 Å². The first-order valence-electron chi connectivity index (χ1n) is 5.01. The SMILES string of the molecule is Fc1ccc2c(c1)Oc1ccccc1CO2. The van der Waals surface area contributed by atoms with Gasteiger partial charge >= 0.3 is 0 Å². The third-order valence-electron chi connectivity index (χ3n) is 2.48. The van der Waals surface area contributed by atoms with Crippen LogP contribution in [0.1, 0.15) is 5.56 Å². The van der Waals surface area contributed by atoms with E-state index in [1.807, 2.05) is 24.3 Å². The highest BCUT2D eigenvalue weighted by Gasteiger charge is 2.15. The Morgan fingerprint density at radius 1 is 0.938 bits per heavy atom. The van der Waals surface area contributed by atoms with Crippen molar-refractivity contribution >= 4 is 0 Å². The number of halogens is 1. The molecule has 80 valence electrons. The average Bonchev–Trinajstić information content (AvgIpc) is 2.47. The summed E-state index contributed by atoms with van der Waals surface area (Å²) in [5.41, 5.74) is 0.958. The smallest absolute Gasteiger partial charge is 0.172 e. The normalized spacial score (nSPS) is 12.8. The van der Waals surface area contributed by atoms with Gasteiger partial charge in [0, 0.05) is 11.6 Å². The van der Waals surface area contributed by atoms with Crippen LogP contribution in [0.5, 0.6) is 17.2 Å². The van der Waals surface area contributed by atoms with Crippen molar-refractivity contribution in [2.24, 2.45) is 0 Å². The van der Waals surface area contributed by atoms with Gasteiger partial charge in [0.05, 0.1) is 0 Å². The van der Waals surface area contributed by atoms with Crippen LogP contribution in [0, 0.1) is 5.82 Å². The molecule has 3 rings (SSSR count). The van der Waals surface area contributed by atoms with Crippen molar-refractivity contribution in [1.82, 2.24) is 0 Å². The van der Waals surface area contributed by atoms with E-state index < -0.39 is 0 Å². The fourth-order valence-electron chi connectivity index (χ4n) is 1.68. The van der Waals surface area contributed by atoms with Gasteiger partial charge in [-0.15, -0.1) is 0 Å². The Labute approximate surface area is 92.2 Å². The van der Waals surface area contributed by atoms with Crippen LogP contribution in [-0.2, 0) is 6.61 Å². The van der Waals surface area contributed by atoms with Gasteiger partial charge in [0.2, 0.25) is 0 Å². The highest BCUT2D eigenvalue weighted by Crippen LogP contribution is 2.37. The Balaban J connectivity index is 2.10. The molecule has 0 aliphatic carbocycles. The molecule has 2 aromatic carbocycles. The van der Waals surface area contributed by atoms with Crippen molar-refractivity contribution < 1.29 is 13.9 Å². The first kappa shape index (κ1) is 9.21. The largest absolute Gasteiger partial charge is 0.485 e. The maximum Gasteiger partial charge on any atom is 0.172 e. The van der Waals surface area contributed by atoms with Crippen LogP contribution in [-0.4, -0.2) is 0 Å². The predicted octanol–water partition coefficient (Wildman–Crippen LogP) is 3.51. The number of hydrogen-bond donors (Lipinski definition) is 0. The van der Waals surface area contributed by atoms with Crippen LogP contribution < -0.4 is 9.47 Å². The minimum absolute atomic E-state index is 0.332. The second-order valence-corrected chi connectivity index (χ2v) is 3.59. The second-order valence-electron chi connectivity index (χ2n) is 3.59. The lowest BCUT2D eigenvalue weighted by Crippen LogP contribution is -1.92. The molecule has 0 saturated carbocycles. The lowest BCUT2D eigenvalue weighted by molar-refractivity contribution is 0.306. The highest BCUT2D eigenvalue weighted by atomic mass is 19.1. The zero-order valence-corrected chi connectivity index (χ0v) is 8.44. The maximum absolute atomic E-state index is 13.1. The molecular weight excluding hydrogens is 207 g/mol. The third-order valence-corrected chi connectivity index (χ3v) is 2.48. The molecule has 1 aliphatic heterocycles. The number of para-hydroxylation sites is 1. The van der Waals surface area contributed by atoms with E-state index in [2.05, 4.69) is 0 Å². The molecule has 16 heavy (non-hydrogen) atoms. The van der Waals surface area contributed by atoms with Gasteiger partial charge in [-0.05, 0) is 18.2 Å². The van der Waals surface area contributed by atoms with Crippen LogP contribution in [0.4, 0.5) is 4.39 Å². The Bertz CT molecular complexity index is 537. The van der Waals surface area contributed by atoms with Crippen molar-refractivity contribution in [3.8, 4) is 17.2 Å². The van der Waals surface area contributed by atoms with E-state index in [1.54, 1.807) is 6.07 Å². The van der Waals surface area contributed by atoms with Gasteiger partial charge < -0.3 is 9.47 Å². The van der Waals surface area contributed by atoms with E-state index in [0.717, 1.165) is 5.56 Å². The predicted molar refractivity (Wildman–Crippen MR) is 57.2 cm³/mol. The first-order chi connectivity index (χ1) is 7.83.